The lowest BCUT2D eigenvalue weighted by Crippen LogP contribution is -2.04. The fraction of sp³-hybridized carbons (Fsp3) is 0.167. The van der Waals surface area contributed by atoms with Gasteiger partial charge in [0.15, 0.2) is 0 Å². The SMILES string of the molecule is C=N/C(Cl)=C\C(N)=C(/C)N. The standard InChI is InChI=1S/C6H10ClN3/c1-4(8)5(9)3-6(7)10-2/h3H,2,8-9H2,1H3/b5-4-,6-3-. The summed E-state index contributed by atoms with van der Waals surface area (Å²) in [5.41, 5.74) is 11.7. The second-order valence-electron chi connectivity index (χ2n) is 1.76. The first-order valence-corrected chi connectivity index (χ1v) is 3.01. The van der Waals surface area contributed by atoms with Crippen LogP contribution in [0.25, 0.3) is 0 Å². The molecule has 0 saturated heterocycles. The predicted molar refractivity (Wildman–Crippen MR) is 44.6 cm³/mol. The second kappa shape index (κ2) is 3.95. The lowest BCUT2D eigenvalue weighted by molar-refractivity contribution is 1.20. The Hall–Kier alpha value is -0.960. The first kappa shape index (κ1) is 9.04. The zero-order valence-corrected chi connectivity index (χ0v) is 6.52. The van der Waals surface area contributed by atoms with Crippen LogP contribution < -0.4 is 11.5 Å². The molecule has 0 fully saturated rings. The van der Waals surface area contributed by atoms with Crippen molar-refractivity contribution < 1.29 is 0 Å². The van der Waals surface area contributed by atoms with Gasteiger partial charge in [-0.15, -0.1) is 0 Å². The molecule has 56 valence electrons. The van der Waals surface area contributed by atoms with Crippen LogP contribution in [0, 0.1) is 0 Å². The zero-order chi connectivity index (χ0) is 8.15. The average molecular weight is 160 g/mol. The summed E-state index contributed by atoms with van der Waals surface area (Å²) in [7, 11) is 0. The minimum absolute atomic E-state index is 0.238. The summed E-state index contributed by atoms with van der Waals surface area (Å²) in [6, 6.07) is 0. The minimum atomic E-state index is 0.238. The van der Waals surface area contributed by atoms with E-state index in [1.165, 1.54) is 6.08 Å². The van der Waals surface area contributed by atoms with E-state index >= 15 is 0 Å². The van der Waals surface area contributed by atoms with Crippen molar-refractivity contribution in [3.05, 3.63) is 22.6 Å². The summed E-state index contributed by atoms with van der Waals surface area (Å²) in [6.07, 6.45) is 1.45. The highest BCUT2D eigenvalue weighted by Crippen LogP contribution is 2.04. The predicted octanol–water partition coefficient (Wildman–Crippen LogP) is 0.916. The van der Waals surface area contributed by atoms with Crippen molar-refractivity contribution in [2.75, 3.05) is 0 Å². The molecule has 4 heteroatoms. The van der Waals surface area contributed by atoms with Crippen molar-refractivity contribution in [1.82, 2.24) is 0 Å². The molecule has 0 saturated carbocycles. The van der Waals surface area contributed by atoms with Gasteiger partial charge in [-0.05, 0) is 13.6 Å². The molecule has 0 aliphatic heterocycles. The van der Waals surface area contributed by atoms with Crippen molar-refractivity contribution in [2.24, 2.45) is 16.5 Å². The Kier molecular flexibility index (Phi) is 3.57. The van der Waals surface area contributed by atoms with Crippen molar-refractivity contribution in [3.8, 4) is 0 Å². The van der Waals surface area contributed by atoms with Crippen molar-refractivity contribution >= 4 is 18.3 Å². The number of hydrogen-bond acceptors (Lipinski definition) is 3. The van der Waals surface area contributed by atoms with Gasteiger partial charge in [-0.2, -0.15) is 0 Å². The molecule has 0 aromatic rings. The molecule has 0 radical (unpaired) electrons. The maximum Gasteiger partial charge on any atom is 0.130 e. The number of allylic oxidation sites excluding steroid dienone is 2. The largest absolute Gasteiger partial charge is 0.401 e. The third-order valence-corrected chi connectivity index (χ3v) is 1.11. The highest BCUT2D eigenvalue weighted by atomic mass is 35.5. The van der Waals surface area contributed by atoms with Crippen LogP contribution in [0.5, 0.6) is 0 Å². The van der Waals surface area contributed by atoms with E-state index in [1.54, 1.807) is 6.92 Å². The van der Waals surface area contributed by atoms with Gasteiger partial charge in [0, 0.05) is 11.8 Å². The fourth-order valence-corrected chi connectivity index (χ4v) is 0.405. The summed E-state index contributed by atoms with van der Waals surface area (Å²) in [5.74, 6) is 0. The molecule has 4 N–H and O–H groups in total. The van der Waals surface area contributed by atoms with Gasteiger partial charge in [-0.25, -0.2) is 0 Å². The molecular formula is C6H10ClN3. The minimum Gasteiger partial charge on any atom is -0.401 e. The molecular weight excluding hydrogens is 150 g/mol. The van der Waals surface area contributed by atoms with E-state index in [-0.39, 0.29) is 5.16 Å². The van der Waals surface area contributed by atoms with Crippen LogP contribution in [0.3, 0.4) is 0 Å². The molecule has 0 aliphatic carbocycles. The van der Waals surface area contributed by atoms with Crippen molar-refractivity contribution in [3.63, 3.8) is 0 Å². The van der Waals surface area contributed by atoms with Gasteiger partial charge < -0.3 is 11.5 Å². The Morgan fingerprint density at radius 3 is 2.40 bits per heavy atom. The molecule has 0 spiro atoms. The number of hydrogen-bond donors (Lipinski definition) is 2. The fourth-order valence-electron chi connectivity index (χ4n) is 0.288. The molecule has 3 nitrogen and oxygen atoms in total. The molecule has 0 amide bonds. The Morgan fingerprint density at radius 2 is 2.10 bits per heavy atom. The van der Waals surface area contributed by atoms with E-state index in [2.05, 4.69) is 11.7 Å². The lowest BCUT2D eigenvalue weighted by Gasteiger charge is -1.95. The number of halogens is 1. The van der Waals surface area contributed by atoms with Crippen LogP contribution in [0.2, 0.25) is 0 Å². The van der Waals surface area contributed by atoms with E-state index in [0.29, 0.717) is 11.4 Å². The van der Waals surface area contributed by atoms with E-state index in [9.17, 15) is 0 Å². The maximum atomic E-state index is 5.47. The van der Waals surface area contributed by atoms with E-state index in [4.69, 9.17) is 23.1 Å². The van der Waals surface area contributed by atoms with Gasteiger partial charge in [0.05, 0.1) is 5.70 Å². The van der Waals surface area contributed by atoms with Gasteiger partial charge in [-0.1, -0.05) is 11.6 Å². The molecule has 0 aliphatic rings. The van der Waals surface area contributed by atoms with Gasteiger partial charge in [0.2, 0.25) is 0 Å². The van der Waals surface area contributed by atoms with E-state index in [0.717, 1.165) is 0 Å². The van der Waals surface area contributed by atoms with Crippen LogP contribution in [0.15, 0.2) is 27.6 Å². The van der Waals surface area contributed by atoms with Gasteiger partial charge >= 0.3 is 0 Å². The highest BCUT2D eigenvalue weighted by molar-refractivity contribution is 6.29. The summed E-state index contributed by atoms with van der Waals surface area (Å²) in [4.78, 5) is 3.42. The monoisotopic (exact) mass is 159 g/mol. The van der Waals surface area contributed by atoms with Gasteiger partial charge in [0.25, 0.3) is 0 Å². The van der Waals surface area contributed by atoms with Crippen LogP contribution in [-0.4, -0.2) is 6.72 Å². The molecule has 0 aromatic heterocycles. The molecule has 0 aromatic carbocycles. The number of aliphatic imine (C=N–C) groups is 1. The topological polar surface area (TPSA) is 64.4 Å². The van der Waals surface area contributed by atoms with Gasteiger partial charge in [0.1, 0.15) is 5.16 Å². The summed E-state index contributed by atoms with van der Waals surface area (Å²) in [6.45, 7) is 4.88. The molecule has 0 atom stereocenters. The van der Waals surface area contributed by atoms with E-state index < -0.39 is 0 Å². The highest BCUT2D eigenvalue weighted by Gasteiger charge is 1.89. The lowest BCUT2D eigenvalue weighted by atomic mass is 10.3. The van der Waals surface area contributed by atoms with Gasteiger partial charge in [-0.3, -0.25) is 4.99 Å². The van der Waals surface area contributed by atoms with Crippen LogP contribution >= 0.6 is 11.6 Å². The van der Waals surface area contributed by atoms with Crippen LogP contribution in [0.1, 0.15) is 6.92 Å². The maximum absolute atomic E-state index is 5.47. The van der Waals surface area contributed by atoms with Crippen molar-refractivity contribution in [1.29, 1.82) is 0 Å². The smallest absolute Gasteiger partial charge is 0.130 e. The third kappa shape index (κ3) is 3.14. The average Bonchev–Trinajstić information content (AvgIpc) is 1.87. The van der Waals surface area contributed by atoms with Crippen molar-refractivity contribution in [2.45, 2.75) is 6.92 Å². The summed E-state index contributed by atoms with van der Waals surface area (Å²) < 4.78 is 0. The summed E-state index contributed by atoms with van der Waals surface area (Å²) >= 11 is 5.47. The molecule has 10 heavy (non-hydrogen) atoms. The third-order valence-electron chi connectivity index (χ3n) is 0.881. The molecule has 0 heterocycles. The molecule has 0 unspecified atom stereocenters. The molecule has 0 bridgehead atoms. The van der Waals surface area contributed by atoms with Crippen LogP contribution in [-0.2, 0) is 0 Å². The zero-order valence-electron chi connectivity index (χ0n) is 5.76. The molecule has 0 rings (SSSR count). The summed E-state index contributed by atoms with van der Waals surface area (Å²) in [5, 5.41) is 0.238. The Labute approximate surface area is 65.1 Å². The van der Waals surface area contributed by atoms with Crippen LogP contribution in [0.4, 0.5) is 0 Å². The second-order valence-corrected chi connectivity index (χ2v) is 2.15. The Morgan fingerprint density at radius 1 is 1.60 bits per heavy atom. The normalized spacial score (nSPS) is 14.4. The number of nitrogens with zero attached hydrogens (tertiary/aromatic N) is 1. The number of rotatable bonds is 2. The first-order valence-electron chi connectivity index (χ1n) is 2.63. The quantitative estimate of drug-likeness (QED) is 0.358. The van der Waals surface area contributed by atoms with E-state index in [1.807, 2.05) is 0 Å². The first-order chi connectivity index (χ1) is 4.57. The Bertz CT molecular complexity index is 189. The number of nitrogens with two attached hydrogens (primary N) is 2. The Balaban J connectivity index is 4.42.